The minimum absolute atomic E-state index is 0.189. The molecule has 0 spiro atoms. The average Bonchev–Trinajstić information content (AvgIpc) is 1.79. The Morgan fingerprint density at radius 1 is 1.17 bits per heavy atom. The van der Waals surface area contributed by atoms with Crippen LogP contribution in [0.5, 0.6) is 0 Å². The minimum Gasteiger partial charge on any atom is -0.302 e. The van der Waals surface area contributed by atoms with E-state index < -0.39 is 7.68 Å². The molecule has 0 aliphatic rings. The largest absolute Gasteiger partial charge is 0.364 e. The number of rotatable bonds is 4. The van der Waals surface area contributed by atoms with Crippen LogP contribution in [0.15, 0.2) is 0 Å². The molecule has 0 aliphatic carbocycles. The third-order valence-corrected chi connectivity index (χ3v) is 2.24. The third-order valence-electron chi connectivity index (χ3n) is 1.62. The molecule has 0 saturated carbocycles. The van der Waals surface area contributed by atoms with E-state index in [0.29, 0.717) is 0 Å². The highest BCUT2D eigenvalue weighted by Gasteiger charge is 2.26. The van der Waals surface area contributed by atoms with Crippen LogP contribution in [-0.4, -0.2) is 12.8 Å². The van der Waals surface area contributed by atoms with Crippen LogP contribution >= 0.6 is 7.68 Å². The fourth-order valence-corrected chi connectivity index (χ4v) is 2.15. The average molecular weight is 196 g/mol. The van der Waals surface area contributed by atoms with Crippen molar-refractivity contribution in [2.45, 2.75) is 33.8 Å². The lowest BCUT2D eigenvalue weighted by Crippen LogP contribution is -2.24. The summed E-state index contributed by atoms with van der Waals surface area (Å²) in [7, 11) is -3.83. The Balaban J connectivity index is 4.25. The van der Waals surface area contributed by atoms with Gasteiger partial charge in [-0.25, -0.2) is 0 Å². The van der Waals surface area contributed by atoms with E-state index in [1.54, 1.807) is 0 Å². The molecule has 0 aromatic carbocycles. The Morgan fingerprint density at radius 2 is 1.50 bits per heavy atom. The number of halogens is 1. The molecule has 0 N–H and O–H groups in total. The van der Waals surface area contributed by atoms with Crippen molar-refractivity contribution in [1.29, 1.82) is 0 Å². The highest BCUT2D eigenvalue weighted by atomic mass is 31.2. The molecule has 0 aromatic rings. The van der Waals surface area contributed by atoms with E-state index in [1.807, 2.05) is 27.7 Å². The maximum atomic E-state index is 12.7. The van der Waals surface area contributed by atoms with Crippen LogP contribution in [0, 0.1) is 11.8 Å². The van der Waals surface area contributed by atoms with Crippen molar-refractivity contribution >= 4 is 7.68 Å². The van der Waals surface area contributed by atoms with Gasteiger partial charge in [-0.1, -0.05) is 27.7 Å². The van der Waals surface area contributed by atoms with Gasteiger partial charge in [-0.15, -0.1) is 0 Å². The molecule has 0 saturated heterocycles. The minimum atomic E-state index is -3.83. The summed E-state index contributed by atoms with van der Waals surface area (Å²) in [6.45, 7) is 8.73. The van der Waals surface area contributed by atoms with E-state index >= 15 is 0 Å². The van der Waals surface area contributed by atoms with Crippen molar-refractivity contribution in [2.75, 3.05) is 6.66 Å². The van der Waals surface area contributed by atoms with E-state index in [4.69, 9.17) is 4.52 Å². The van der Waals surface area contributed by atoms with Gasteiger partial charge < -0.3 is 4.52 Å². The Morgan fingerprint density at radius 3 is 1.58 bits per heavy atom. The van der Waals surface area contributed by atoms with Gasteiger partial charge >= 0.3 is 7.68 Å². The van der Waals surface area contributed by atoms with Gasteiger partial charge in [0, 0.05) is 6.66 Å². The van der Waals surface area contributed by atoms with Gasteiger partial charge in [0.15, 0.2) is 0 Å². The van der Waals surface area contributed by atoms with Crippen molar-refractivity contribution in [3.63, 3.8) is 0 Å². The van der Waals surface area contributed by atoms with Gasteiger partial charge in [0.25, 0.3) is 0 Å². The summed E-state index contributed by atoms with van der Waals surface area (Å²) in [6, 6.07) is 0. The fourth-order valence-electron chi connectivity index (χ4n) is 1.23. The van der Waals surface area contributed by atoms with Gasteiger partial charge in [-0.05, 0) is 11.8 Å². The zero-order valence-corrected chi connectivity index (χ0v) is 9.27. The van der Waals surface area contributed by atoms with E-state index in [-0.39, 0.29) is 17.9 Å². The zero-order chi connectivity index (χ0) is 9.94. The second kappa shape index (κ2) is 4.38. The maximum Gasteiger partial charge on any atom is 0.364 e. The van der Waals surface area contributed by atoms with Crippen LogP contribution in [0.25, 0.3) is 0 Å². The second-order valence-electron chi connectivity index (χ2n) is 3.80. The van der Waals surface area contributed by atoms with E-state index in [1.165, 1.54) is 0 Å². The van der Waals surface area contributed by atoms with E-state index in [2.05, 4.69) is 0 Å². The molecule has 4 heteroatoms. The van der Waals surface area contributed by atoms with Gasteiger partial charge in [-0.2, -0.15) is 4.20 Å². The topological polar surface area (TPSA) is 26.3 Å². The predicted molar refractivity (Wildman–Crippen MR) is 49.2 cm³/mol. The summed E-state index contributed by atoms with van der Waals surface area (Å²) in [5.41, 5.74) is 0. The zero-order valence-electron chi connectivity index (χ0n) is 8.37. The lowest BCUT2D eigenvalue weighted by Gasteiger charge is -2.25. The van der Waals surface area contributed by atoms with Gasteiger partial charge in [-0.3, -0.25) is 4.57 Å². The Kier molecular flexibility index (Phi) is 4.43. The first kappa shape index (κ1) is 12.1. The highest BCUT2D eigenvalue weighted by Crippen LogP contribution is 2.47. The molecule has 0 amide bonds. The van der Waals surface area contributed by atoms with Crippen molar-refractivity contribution in [1.82, 2.24) is 0 Å². The normalized spacial score (nSPS) is 17.4. The van der Waals surface area contributed by atoms with Crippen molar-refractivity contribution < 1.29 is 13.3 Å². The van der Waals surface area contributed by atoms with Crippen LogP contribution < -0.4 is 0 Å². The maximum absolute atomic E-state index is 12.7. The van der Waals surface area contributed by atoms with Gasteiger partial charge in [0.2, 0.25) is 0 Å². The van der Waals surface area contributed by atoms with Crippen LogP contribution in [0.4, 0.5) is 4.20 Å². The molecule has 74 valence electrons. The predicted octanol–water partition coefficient (Wildman–Crippen LogP) is 3.48. The molecule has 0 aromatic heterocycles. The number of hydrogen-bond acceptors (Lipinski definition) is 2. The molecule has 1 atom stereocenters. The van der Waals surface area contributed by atoms with Crippen molar-refractivity contribution in [2.24, 2.45) is 11.8 Å². The monoisotopic (exact) mass is 196 g/mol. The summed E-state index contributed by atoms with van der Waals surface area (Å²) in [4.78, 5) is 0. The lowest BCUT2D eigenvalue weighted by molar-refractivity contribution is 0.100. The molecule has 12 heavy (non-hydrogen) atoms. The summed E-state index contributed by atoms with van der Waals surface area (Å²) >= 11 is 0. The molecular formula is C8H18FO2P. The summed E-state index contributed by atoms with van der Waals surface area (Å²) in [5, 5.41) is 0. The summed E-state index contributed by atoms with van der Waals surface area (Å²) in [6.07, 6.45) is -0.258. The lowest BCUT2D eigenvalue weighted by atomic mass is 9.97. The smallest absolute Gasteiger partial charge is 0.302 e. The molecule has 0 bridgehead atoms. The first-order valence-electron chi connectivity index (χ1n) is 4.19. The SMILES string of the molecule is CC(C)C(OP(C)(=O)F)C(C)C. The van der Waals surface area contributed by atoms with Crippen LogP contribution in [-0.2, 0) is 9.09 Å². The Labute approximate surface area is 74.1 Å². The molecule has 1 unspecified atom stereocenters. The third kappa shape index (κ3) is 4.89. The Hall–Kier alpha value is 0.120. The molecular weight excluding hydrogens is 178 g/mol. The molecule has 2 nitrogen and oxygen atoms in total. The van der Waals surface area contributed by atoms with Crippen LogP contribution in [0.3, 0.4) is 0 Å². The van der Waals surface area contributed by atoms with Crippen LogP contribution in [0.2, 0.25) is 0 Å². The molecule has 0 rings (SSSR count). The first-order chi connectivity index (χ1) is 5.24. The molecule has 0 heterocycles. The van der Waals surface area contributed by atoms with Crippen molar-refractivity contribution in [3.8, 4) is 0 Å². The first-order valence-corrected chi connectivity index (χ1v) is 6.16. The molecule has 0 aliphatic heterocycles. The van der Waals surface area contributed by atoms with Crippen LogP contribution in [0.1, 0.15) is 27.7 Å². The Bertz CT molecular complexity index is 166. The summed E-state index contributed by atoms with van der Waals surface area (Å²) in [5.74, 6) is 0.378. The summed E-state index contributed by atoms with van der Waals surface area (Å²) < 4.78 is 28.3. The van der Waals surface area contributed by atoms with Gasteiger partial charge in [0.05, 0.1) is 6.10 Å². The standard InChI is InChI=1S/C8H18FO2P/c1-6(2)8(7(3)4)11-12(5,9)10/h6-8H,1-5H3. The highest BCUT2D eigenvalue weighted by molar-refractivity contribution is 7.52. The molecule has 0 fully saturated rings. The fraction of sp³-hybridized carbons (Fsp3) is 1.00. The van der Waals surface area contributed by atoms with Gasteiger partial charge in [0.1, 0.15) is 0 Å². The number of hydrogen-bond donors (Lipinski definition) is 0. The molecule has 0 radical (unpaired) electrons. The second-order valence-corrected chi connectivity index (χ2v) is 5.51. The van der Waals surface area contributed by atoms with Crippen molar-refractivity contribution in [3.05, 3.63) is 0 Å². The quantitative estimate of drug-likeness (QED) is 0.643. The van der Waals surface area contributed by atoms with E-state index in [9.17, 15) is 8.76 Å². The van der Waals surface area contributed by atoms with E-state index in [0.717, 1.165) is 6.66 Å².